The summed E-state index contributed by atoms with van der Waals surface area (Å²) in [6.07, 6.45) is 6.57. The maximum absolute atomic E-state index is 4.79. The van der Waals surface area contributed by atoms with Gasteiger partial charge in [-0.25, -0.2) is 9.97 Å². The molecule has 0 amide bonds. The van der Waals surface area contributed by atoms with Crippen molar-refractivity contribution in [3.63, 3.8) is 0 Å². The summed E-state index contributed by atoms with van der Waals surface area (Å²) in [5.41, 5.74) is 2.51. The molecule has 0 aliphatic heterocycles. The maximum atomic E-state index is 4.79. The van der Waals surface area contributed by atoms with Crippen LogP contribution in [-0.2, 0) is 12.8 Å². The first-order valence-electron chi connectivity index (χ1n) is 6.94. The van der Waals surface area contributed by atoms with E-state index >= 15 is 0 Å². The quantitative estimate of drug-likeness (QED) is 0.931. The standard InChI is InChI=1S/C15H19N3S/c1-3-10-7-8-14(19-10)15-17-9-11-12(16-2)5-4-6-13(11)18-15/h7-9,12,16H,3-6H2,1-2H3. The SMILES string of the molecule is CCc1ccc(-c2ncc3c(n2)CCCC3NC)s1. The first kappa shape index (κ1) is 12.8. The van der Waals surface area contributed by atoms with E-state index in [4.69, 9.17) is 4.98 Å². The van der Waals surface area contributed by atoms with Crippen LogP contribution >= 0.6 is 11.3 Å². The average Bonchev–Trinajstić information content (AvgIpc) is 2.95. The van der Waals surface area contributed by atoms with Crippen LogP contribution in [0.2, 0.25) is 0 Å². The monoisotopic (exact) mass is 273 g/mol. The van der Waals surface area contributed by atoms with E-state index < -0.39 is 0 Å². The molecule has 1 aliphatic rings. The van der Waals surface area contributed by atoms with E-state index in [0.29, 0.717) is 6.04 Å². The second-order valence-corrected chi connectivity index (χ2v) is 6.12. The van der Waals surface area contributed by atoms with Gasteiger partial charge in [0.25, 0.3) is 0 Å². The number of nitrogens with zero attached hydrogens (tertiary/aromatic N) is 2. The van der Waals surface area contributed by atoms with Crippen LogP contribution in [-0.4, -0.2) is 17.0 Å². The first-order valence-corrected chi connectivity index (χ1v) is 7.75. The molecular weight excluding hydrogens is 254 g/mol. The van der Waals surface area contributed by atoms with Gasteiger partial charge < -0.3 is 5.32 Å². The van der Waals surface area contributed by atoms with Gasteiger partial charge >= 0.3 is 0 Å². The minimum Gasteiger partial charge on any atom is -0.313 e. The number of nitrogens with one attached hydrogen (secondary N) is 1. The predicted molar refractivity (Wildman–Crippen MR) is 79.5 cm³/mol. The van der Waals surface area contributed by atoms with Crippen molar-refractivity contribution in [3.8, 4) is 10.7 Å². The number of rotatable bonds is 3. The average molecular weight is 273 g/mol. The summed E-state index contributed by atoms with van der Waals surface area (Å²) in [6.45, 7) is 2.18. The normalized spacial score (nSPS) is 18.3. The van der Waals surface area contributed by atoms with Gasteiger partial charge in [-0.1, -0.05) is 6.92 Å². The summed E-state index contributed by atoms with van der Waals surface area (Å²) in [4.78, 5) is 11.9. The lowest BCUT2D eigenvalue weighted by Gasteiger charge is -2.23. The zero-order chi connectivity index (χ0) is 13.2. The fraction of sp³-hybridized carbons (Fsp3) is 0.467. The molecule has 0 bridgehead atoms. The summed E-state index contributed by atoms with van der Waals surface area (Å²) >= 11 is 1.80. The Morgan fingerprint density at radius 2 is 2.32 bits per heavy atom. The van der Waals surface area contributed by atoms with Crippen LogP contribution in [0.4, 0.5) is 0 Å². The van der Waals surface area contributed by atoms with Gasteiger partial charge in [0.15, 0.2) is 5.82 Å². The molecule has 1 aliphatic carbocycles. The Morgan fingerprint density at radius 1 is 1.42 bits per heavy atom. The minimum absolute atomic E-state index is 0.423. The van der Waals surface area contributed by atoms with Gasteiger partial charge in [-0.15, -0.1) is 11.3 Å². The van der Waals surface area contributed by atoms with E-state index in [1.54, 1.807) is 11.3 Å². The molecule has 3 rings (SSSR count). The van der Waals surface area contributed by atoms with Crippen molar-refractivity contribution >= 4 is 11.3 Å². The van der Waals surface area contributed by atoms with E-state index in [-0.39, 0.29) is 0 Å². The second-order valence-electron chi connectivity index (χ2n) is 4.95. The number of hydrogen-bond acceptors (Lipinski definition) is 4. The highest BCUT2D eigenvalue weighted by Gasteiger charge is 2.21. The molecule has 1 unspecified atom stereocenters. The Labute approximate surface area is 118 Å². The fourth-order valence-corrected chi connectivity index (χ4v) is 3.54. The van der Waals surface area contributed by atoms with Crippen molar-refractivity contribution in [3.05, 3.63) is 34.5 Å². The molecule has 0 aromatic carbocycles. The van der Waals surface area contributed by atoms with E-state index in [1.165, 1.54) is 33.9 Å². The highest BCUT2D eigenvalue weighted by Crippen LogP contribution is 2.31. The van der Waals surface area contributed by atoms with Crippen LogP contribution in [0, 0.1) is 0 Å². The molecule has 2 heterocycles. The van der Waals surface area contributed by atoms with Crippen molar-refractivity contribution < 1.29 is 0 Å². The predicted octanol–water partition coefficient (Wildman–Crippen LogP) is 3.36. The third kappa shape index (κ3) is 2.42. The summed E-state index contributed by atoms with van der Waals surface area (Å²) in [6, 6.07) is 4.75. The highest BCUT2D eigenvalue weighted by molar-refractivity contribution is 7.15. The lowest BCUT2D eigenvalue weighted by atomic mass is 9.92. The topological polar surface area (TPSA) is 37.8 Å². The highest BCUT2D eigenvalue weighted by atomic mass is 32.1. The van der Waals surface area contributed by atoms with Crippen molar-refractivity contribution in [1.82, 2.24) is 15.3 Å². The lowest BCUT2D eigenvalue weighted by molar-refractivity contribution is 0.488. The molecule has 3 nitrogen and oxygen atoms in total. The molecule has 0 radical (unpaired) electrons. The van der Waals surface area contributed by atoms with E-state index in [1.807, 2.05) is 13.2 Å². The Bertz CT molecular complexity index is 577. The number of aryl methyl sites for hydroxylation is 2. The third-order valence-corrected chi connectivity index (χ3v) is 4.99. The third-order valence-electron chi connectivity index (χ3n) is 3.76. The van der Waals surface area contributed by atoms with Gasteiger partial charge in [0.05, 0.1) is 4.88 Å². The van der Waals surface area contributed by atoms with Crippen LogP contribution < -0.4 is 5.32 Å². The molecule has 2 aromatic heterocycles. The van der Waals surface area contributed by atoms with Gasteiger partial charge in [0.2, 0.25) is 0 Å². The summed E-state index contributed by atoms with van der Waals surface area (Å²) in [5.74, 6) is 0.889. The first-order chi connectivity index (χ1) is 9.31. The van der Waals surface area contributed by atoms with Crippen LogP contribution in [0.5, 0.6) is 0 Å². The molecule has 2 aromatic rings. The zero-order valence-electron chi connectivity index (χ0n) is 11.4. The summed E-state index contributed by atoms with van der Waals surface area (Å²) in [5, 5.41) is 3.36. The Kier molecular flexibility index (Phi) is 3.62. The van der Waals surface area contributed by atoms with Crippen LogP contribution in [0.15, 0.2) is 18.3 Å². The van der Waals surface area contributed by atoms with Crippen LogP contribution in [0.3, 0.4) is 0 Å². The van der Waals surface area contributed by atoms with Crippen molar-refractivity contribution in [2.24, 2.45) is 0 Å². The fourth-order valence-electron chi connectivity index (χ4n) is 2.65. The van der Waals surface area contributed by atoms with Gasteiger partial charge in [-0.2, -0.15) is 0 Å². The van der Waals surface area contributed by atoms with Crippen molar-refractivity contribution in [2.45, 2.75) is 38.6 Å². The molecule has 1 N–H and O–H groups in total. The minimum atomic E-state index is 0.423. The molecule has 19 heavy (non-hydrogen) atoms. The molecule has 4 heteroatoms. The number of thiophene rings is 1. The molecule has 0 saturated heterocycles. The van der Waals surface area contributed by atoms with Crippen molar-refractivity contribution in [1.29, 1.82) is 0 Å². The van der Waals surface area contributed by atoms with Gasteiger partial charge in [0, 0.05) is 28.4 Å². The molecule has 0 fully saturated rings. The largest absolute Gasteiger partial charge is 0.313 e. The lowest BCUT2D eigenvalue weighted by Crippen LogP contribution is -2.22. The van der Waals surface area contributed by atoms with E-state index in [2.05, 4.69) is 29.4 Å². The van der Waals surface area contributed by atoms with Gasteiger partial charge in [0.1, 0.15) is 0 Å². The Hall–Kier alpha value is -1.26. The summed E-state index contributed by atoms with van der Waals surface area (Å²) < 4.78 is 0. The smallest absolute Gasteiger partial charge is 0.169 e. The summed E-state index contributed by atoms with van der Waals surface area (Å²) in [7, 11) is 2.01. The molecule has 0 spiro atoms. The van der Waals surface area contributed by atoms with E-state index in [9.17, 15) is 0 Å². The Balaban J connectivity index is 1.96. The van der Waals surface area contributed by atoms with Gasteiger partial charge in [-0.05, 0) is 44.9 Å². The van der Waals surface area contributed by atoms with Crippen LogP contribution in [0.25, 0.3) is 10.7 Å². The van der Waals surface area contributed by atoms with Crippen molar-refractivity contribution in [2.75, 3.05) is 7.05 Å². The second kappa shape index (κ2) is 5.39. The van der Waals surface area contributed by atoms with Crippen LogP contribution in [0.1, 0.15) is 41.9 Å². The molecule has 100 valence electrons. The number of hydrogen-bond donors (Lipinski definition) is 1. The van der Waals surface area contributed by atoms with Gasteiger partial charge in [-0.3, -0.25) is 0 Å². The molecular formula is C15H19N3S. The molecule has 0 saturated carbocycles. The van der Waals surface area contributed by atoms with E-state index in [0.717, 1.165) is 18.7 Å². The zero-order valence-corrected chi connectivity index (χ0v) is 12.3. The number of fused-ring (bicyclic) bond motifs is 1. The molecule has 1 atom stereocenters. The maximum Gasteiger partial charge on any atom is 0.169 e. The number of aromatic nitrogens is 2. The Morgan fingerprint density at radius 3 is 3.05 bits per heavy atom.